The molecule has 0 radical (unpaired) electrons. The van der Waals surface area contributed by atoms with Crippen LogP contribution in [0.25, 0.3) is 0 Å². The maximum atomic E-state index is 13.7. The van der Waals surface area contributed by atoms with Crippen molar-refractivity contribution in [3.63, 3.8) is 0 Å². The van der Waals surface area contributed by atoms with Crippen molar-refractivity contribution in [3.05, 3.63) is 107 Å². The van der Waals surface area contributed by atoms with Gasteiger partial charge < -0.3 is 31.1 Å². The molecule has 0 fully saturated rings. The van der Waals surface area contributed by atoms with Gasteiger partial charge in [0, 0.05) is 67.6 Å². The van der Waals surface area contributed by atoms with Crippen LogP contribution in [0.2, 0.25) is 0 Å². The highest BCUT2D eigenvalue weighted by molar-refractivity contribution is 6.31. The van der Waals surface area contributed by atoms with E-state index in [1.54, 1.807) is 48.5 Å². The Morgan fingerprint density at radius 1 is 0.524 bits per heavy atom. The quantitative estimate of drug-likeness (QED) is 0.205. The smallest absolute Gasteiger partial charge is 0.323 e. The van der Waals surface area contributed by atoms with Crippen molar-refractivity contribution >= 4 is 57.8 Å². The fourth-order valence-electron chi connectivity index (χ4n) is 4.67. The summed E-state index contributed by atoms with van der Waals surface area (Å²) in [6.07, 6.45) is 0. The number of nitrogens with zero attached hydrogens (tertiary/aromatic N) is 2. The Morgan fingerprint density at radius 2 is 1.00 bits per heavy atom. The van der Waals surface area contributed by atoms with E-state index in [0.29, 0.717) is 11.4 Å². The first-order chi connectivity index (χ1) is 20.1. The molecule has 0 spiro atoms. The SMILES string of the molecule is CN(C)c1ccc(NC(=O)Nc2ccc3c(c2NC(=O)Nc2ccc(N(C)C)cc2)C(=O)c2ccccc2C3=O)cc1. The summed E-state index contributed by atoms with van der Waals surface area (Å²) in [6.45, 7) is 0. The summed E-state index contributed by atoms with van der Waals surface area (Å²) in [5.74, 6) is -0.783. The number of anilines is 6. The van der Waals surface area contributed by atoms with Crippen LogP contribution in [0.5, 0.6) is 0 Å². The van der Waals surface area contributed by atoms with E-state index < -0.39 is 17.8 Å². The average Bonchev–Trinajstić information content (AvgIpc) is 2.97. The molecule has 4 amide bonds. The molecule has 5 rings (SSSR count). The number of carbonyl (C=O) groups is 4. The lowest BCUT2D eigenvalue weighted by molar-refractivity contribution is 0.0979. The molecule has 1 aliphatic carbocycles. The molecule has 4 aromatic rings. The zero-order valence-corrected chi connectivity index (χ0v) is 23.6. The predicted molar refractivity (Wildman–Crippen MR) is 167 cm³/mol. The van der Waals surface area contributed by atoms with Gasteiger partial charge in [-0.3, -0.25) is 9.59 Å². The number of carbonyl (C=O) groups excluding carboxylic acids is 4. The van der Waals surface area contributed by atoms with Gasteiger partial charge in [0.1, 0.15) is 0 Å². The number of amides is 4. The molecule has 0 aliphatic heterocycles. The Balaban J connectivity index is 1.46. The molecular weight excluding hydrogens is 532 g/mol. The first-order valence-corrected chi connectivity index (χ1v) is 13.2. The van der Waals surface area contributed by atoms with Gasteiger partial charge in [0.2, 0.25) is 0 Å². The molecule has 0 saturated heterocycles. The van der Waals surface area contributed by atoms with Crippen molar-refractivity contribution < 1.29 is 19.2 Å². The molecule has 212 valence electrons. The largest absolute Gasteiger partial charge is 0.378 e. The highest BCUT2D eigenvalue weighted by atomic mass is 16.2. The Labute approximate surface area is 243 Å². The molecule has 1 aliphatic rings. The highest BCUT2D eigenvalue weighted by Gasteiger charge is 2.33. The van der Waals surface area contributed by atoms with Gasteiger partial charge in [-0.25, -0.2) is 9.59 Å². The fraction of sp³-hybridized carbons (Fsp3) is 0.125. The molecule has 4 aromatic carbocycles. The van der Waals surface area contributed by atoms with Crippen LogP contribution in [0.1, 0.15) is 31.8 Å². The summed E-state index contributed by atoms with van der Waals surface area (Å²) >= 11 is 0. The second-order valence-electron chi connectivity index (χ2n) is 10.2. The molecule has 42 heavy (non-hydrogen) atoms. The predicted octanol–water partition coefficient (Wildman–Crippen LogP) is 5.88. The van der Waals surface area contributed by atoms with Crippen molar-refractivity contribution in [2.24, 2.45) is 0 Å². The normalized spacial score (nSPS) is 11.6. The van der Waals surface area contributed by atoms with E-state index >= 15 is 0 Å². The van der Waals surface area contributed by atoms with Crippen LogP contribution in [0, 0.1) is 0 Å². The summed E-state index contributed by atoms with van der Waals surface area (Å²) in [6, 6.07) is 22.7. The second-order valence-corrected chi connectivity index (χ2v) is 10.2. The molecule has 0 saturated carbocycles. The number of hydrogen-bond donors (Lipinski definition) is 4. The number of ketones is 2. The topological polar surface area (TPSA) is 123 Å². The van der Waals surface area contributed by atoms with Crippen molar-refractivity contribution in [3.8, 4) is 0 Å². The number of hydrogen-bond acceptors (Lipinski definition) is 6. The number of benzene rings is 4. The van der Waals surface area contributed by atoms with Gasteiger partial charge in [-0.2, -0.15) is 0 Å². The minimum absolute atomic E-state index is 0.00458. The van der Waals surface area contributed by atoms with Gasteiger partial charge in [-0.1, -0.05) is 24.3 Å². The van der Waals surface area contributed by atoms with E-state index in [1.165, 1.54) is 12.1 Å². The number of nitrogens with one attached hydrogen (secondary N) is 4. The van der Waals surface area contributed by atoms with Crippen LogP contribution in [0.4, 0.5) is 43.7 Å². The number of fused-ring (bicyclic) bond motifs is 2. The minimum Gasteiger partial charge on any atom is -0.378 e. The average molecular weight is 563 g/mol. The summed E-state index contributed by atoms with van der Waals surface area (Å²) in [7, 11) is 7.65. The molecule has 0 heterocycles. The lowest BCUT2D eigenvalue weighted by Crippen LogP contribution is -2.28. The molecule has 0 unspecified atom stereocenters. The van der Waals surface area contributed by atoms with E-state index in [1.807, 2.05) is 62.3 Å². The van der Waals surface area contributed by atoms with Crippen molar-refractivity contribution in [2.45, 2.75) is 0 Å². The molecule has 10 nitrogen and oxygen atoms in total. The first kappa shape index (κ1) is 27.9. The van der Waals surface area contributed by atoms with E-state index in [0.717, 1.165) is 11.4 Å². The van der Waals surface area contributed by atoms with Crippen molar-refractivity contribution in [1.29, 1.82) is 0 Å². The summed E-state index contributed by atoms with van der Waals surface area (Å²) < 4.78 is 0. The van der Waals surface area contributed by atoms with Gasteiger partial charge in [-0.05, 0) is 60.7 Å². The molecule has 4 N–H and O–H groups in total. The van der Waals surface area contributed by atoms with Crippen molar-refractivity contribution in [2.75, 3.05) is 59.3 Å². The van der Waals surface area contributed by atoms with Gasteiger partial charge >= 0.3 is 12.1 Å². The Morgan fingerprint density at radius 3 is 1.50 bits per heavy atom. The minimum atomic E-state index is -0.650. The zero-order chi connectivity index (χ0) is 30.0. The van der Waals surface area contributed by atoms with E-state index in [4.69, 9.17) is 0 Å². The number of rotatable bonds is 6. The molecule has 0 atom stereocenters. The first-order valence-electron chi connectivity index (χ1n) is 13.2. The summed E-state index contributed by atoms with van der Waals surface area (Å²) in [5.41, 5.74) is 3.79. The van der Waals surface area contributed by atoms with Crippen LogP contribution >= 0.6 is 0 Å². The third-order valence-corrected chi connectivity index (χ3v) is 6.86. The van der Waals surface area contributed by atoms with E-state index in [-0.39, 0.29) is 39.4 Å². The summed E-state index contributed by atoms with van der Waals surface area (Å²) in [4.78, 5) is 57.1. The molecule has 10 heteroatoms. The third-order valence-electron chi connectivity index (χ3n) is 6.86. The molecule has 0 bridgehead atoms. The van der Waals surface area contributed by atoms with Gasteiger partial charge in [0.05, 0.1) is 16.9 Å². The van der Waals surface area contributed by atoms with Gasteiger partial charge in [-0.15, -0.1) is 0 Å². The Bertz CT molecular complexity index is 1700. The molecular formula is C32H30N6O4. The van der Waals surface area contributed by atoms with Gasteiger partial charge in [0.15, 0.2) is 11.6 Å². The van der Waals surface area contributed by atoms with Crippen LogP contribution in [-0.2, 0) is 0 Å². The monoisotopic (exact) mass is 562 g/mol. The van der Waals surface area contributed by atoms with Crippen molar-refractivity contribution in [1.82, 2.24) is 0 Å². The van der Waals surface area contributed by atoms with E-state index in [2.05, 4.69) is 21.3 Å². The van der Waals surface area contributed by atoms with Crippen LogP contribution < -0.4 is 31.1 Å². The lowest BCUT2D eigenvalue weighted by Gasteiger charge is -2.23. The molecule has 0 aromatic heterocycles. The lowest BCUT2D eigenvalue weighted by atomic mass is 9.83. The standard InChI is InChI=1S/C32H30N6O4/c1-37(2)21-13-9-19(10-14-21)33-31(41)35-26-18-17-25-27(30(40)24-8-6-5-7-23(24)29(25)39)28(26)36-32(42)34-20-11-15-22(16-12-20)38(3)4/h5-18H,1-4H3,(H2,33,35,41)(H2,34,36,42). The fourth-order valence-corrected chi connectivity index (χ4v) is 4.67. The van der Waals surface area contributed by atoms with Crippen LogP contribution in [-0.4, -0.2) is 51.8 Å². The Hall–Kier alpha value is -5.64. The Kier molecular flexibility index (Phi) is 7.61. The van der Waals surface area contributed by atoms with Crippen LogP contribution in [0.15, 0.2) is 84.9 Å². The number of urea groups is 2. The summed E-state index contributed by atoms with van der Waals surface area (Å²) in [5, 5.41) is 10.9. The van der Waals surface area contributed by atoms with Gasteiger partial charge in [0.25, 0.3) is 0 Å². The van der Waals surface area contributed by atoms with Crippen LogP contribution in [0.3, 0.4) is 0 Å². The zero-order valence-electron chi connectivity index (χ0n) is 23.6. The van der Waals surface area contributed by atoms with E-state index in [9.17, 15) is 19.2 Å². The maximum Gasteiger partial charge on any atom is 0.323 e. The maximum absolute atomic E-state index is 13.7. The highest BCUT2D eigenvalue weighted by Crippen LogP contribution is 2.37. The third kappa shape index (κ3) is 5.64. The second kappa shape index (κ2) is 11.5.